The van der Waals surface area contributed by atoms with Gasteiger partial charge in [0, 0.05) is 36.4 Å². The maximum absolute atomic E-state index is 6.45. The zero-order chi connectivity index (χ0) is 15.4. The lowest BCUT2D eigenvalue weighted by molar-refractivity contribution is 0.341. The summed E-state index contributed by atoms with van der Waals surface area (Å²) in [6, 6.07) is 7.64. The average molecular weight is 309 g/mol. The zero-order valence-corrected chi connectivity index (χ0v) is 14.6. The van der Waals surface area contributed by atoms with E-state index in [1.165, 1.54) is 36.9 Å². The Labute approximate surface area is 134 Å². The Morgan fingerprint density at radius 2 is 1.90 bits per heavy atom. The van der Waals surface area contributed by atoms with Gasteiger partial charge in [-0.2, -0.15) is 0 Å². The molecular formula is C18H29ClN2. The van der Waals surface area contributed by atoms with Crippen molar-refractivity contribution in [1.29, 1.82) is 0 Å². The molecule has 2 rings (SSSR count). The summed E-state index contributed by atoms with van der Waals surface area (Å²) >= 11 is 6.45. The standard InChI is InChI=1S/C18H29ClN2/c1-13(2)20-12-15-7-10-17(11-18(15)19)21(4)16-8-5-14(3)6-9-16/h7,10-11,13-14,16,20H,5-6,8-9,12H2,1-4H3. The number of rotatable bonds is 5. The molecule has 0 saturated heterocycles. The van der Waals surface area contributed by atoms with Crippen LogP contribution < -0.4 is 10.2 Å². The number of nitrogens with one attached hydrogen (secondary N) is 1. The van der Waals surface area contributed by atoms with Crippen LogP contribution in [0.5, 0.6) is 0 Å². The molecule has 0 amide bonds. The molecule has 0 aliphatic heterocycles. The van der Waals surface area contributed by atoms with E-state index in [9.17, 15) is 0 Å². The van der Waals surface area contributed by atoms with Gasteiger partial charge in [0.2, 0.25) is 0 Å². The van der Waals surface area contributed by atoms with Crippen LogP contribution in [0.4, 0.5) is 5.69 Å². The van der Waals surface area contributed by atoms with Crippen LogP contribution in [0.25, 0.3) is 0 Å². The second-order valence-electron chi connectivity index (χ2n) is 6.84. The van der Waals surface area contributed by atoms with Crippen LogP contribution in [0.15, 0.2) is 18.2 Å². The van der Waals surface area contributed by atoms with E-state index in [1.54, 1.807) is 0 Å². The van der Waals surface area contributed by atoms with E-state index in [0.717, 1.165) is 17.5 Å². The number of benzene rings is 1. The number of anilines is 1. The molecule has 2 nitrogen and oxygen atoms in total. The summed E-state index contributed by atoms with van der Waals surface area (Å²) in [6.45, 7) is 7.51. The fraction of sp³-hybridized carbons (Fsp3) is 0.667. The highest BCUT2D eigenvalue weighted by atomic mass is 35.5. The third-order valence-corrected chi connectivity index (χ3v) is 5.03. The molecule has 1 aliphatic rings. The Kier molecular flexibility index (Phi) is 5.95. The van der Waals surface area contributed by atoms with Gasteiger partial charge in [0.25, 0.3) is 0 Å². The zero-order valence-electron chi connectivity index (χ0n) is 13.8. The molecular weight excluding hydrogens is 280 g/mol. The van der Waals surface area contributed by atoms with Crippen molar-refractivity contribution in [3.05, 3.63) is 28.8 Å². The van der Waals surface area contributed by atoms with Crippen LogP contribution in [0.2, 0.25) is 5.02 Å². The Morgan fingerprint density at radius 3 is 2.48 bits per heavy atom. The summed E-state index contributed by atoms with van der Waals surface area (Å²) in [4.78, 5) is 2.41. The van der Waals surface area contributed by atoms with Crippen LogP contribution >= 0.6 is 11.6 Å². The number of hydrogen-bond acceptors (Lipinski definition) is 2. The Morgan fingerprint density at radius 1 is 1.24 bits per heavy atom. The van der Waals surface area contributed by atoms with Gasteiger partial charge in [-0.15, -0.1) is 0 Å². The van der Waals surface area contributed by atoms with Crippen LogP contribution in [-0.4, -0.2) is 19.1 Å². The molecule has 0 unspecified atom stereocenters. The van der Waals surface area contributed by atoms with Gasteiger partial charge < -0.3 is 10.2 Å². The van der Waals surface area contributed by atoms with E-state index >= 15 is 0 Å². The van der Waals surface area contributed by atoms with Gasteiger partial charge in [-0.1, -0.05) is 38.4 Å². The van der Waals surface area contributed by atoms with Gasteiger partial charge in [0.05, 0.1) is 0 Å². The van der Waals surface area contributed by atoms with Crippen LogP contribution in [-0.2, 0) is 6.54 Å². The molecule has 1 fully saturated rings. The summed E-state index contributed by atoms with van der Waals surface area (Å²) < 4.78 is 0. The summed E-state index contributed by atoms with van der Waals surface area (Å²) in [5, 5.41) is 4.29. The molecule has 21 heavy (non-hydrogen) atoms. The topological polar surface area (TPSA) is 15.3 Å². The molecule has 3 heteroatoms. The van der Waals surface area contributed by atoms with Gasteiger partial charge in [-0.05, 0) is 49.3 Å². The van der Waals surface area contributed by atoms with Crippen molar-refractivity contribution in [2.75, 3.05) is 11.9 Å². The van der Waals surface area contributed by atoms with E-state index in [1.807, 2.05) is 0 Å². The number of hydrogen-bond donors (Lipinski definition) is 1. The third-order valence-electron chi connectivity index (χ3n) is 4.68. The van der Waals surface area contributed by atoms with Crippen molar-refractivity contribution in [3.8, 4) is 0 Å². The molecule has 1 saturated carbocycles. The second-order valence-corrected chi connectivity index (χ2v) is 7.24. The minimum Gasteiger partial charge on any atom is -0.372 e. The van der Waals surface area contributed by atoms with E-state index in [-0.39, 0.29) is 0 Å². The summed E-state index contributed by atoms with van der Waals surface area (Å²) in [5.41, 5.74) is 2.42. The van der Waals surface area contributed by atoms with Gasteiger partial charge in [0.1, 0.15) is 0 Å². The summed E-state index contributed by atoms with van der Waals surface area (Å²) in [6.07, 6.45) is 5.29. The third kappa shape index (κ3) is 4.62. The normalized spacial score (nSPS) is 22.6. The average Bonchev–Trinajstić information content (AvgIpc) is 2.46. The SMILES string of the molecule is CC1CCC(N(C)c2ccc(CNC(C)C)c(Cl)c2)CC1. The number of nitrogens with zero attached hydrogens (tertiary/aromatic N) is 1. The first-order valence-corrected chi connectivity index (χ1v) is 8.59. The Hall–Kier alpha value is -0.730. The summed E-state index contributed by atoms with van der Waals surface area (Å²) in [5.74, 6) is 0.891. The summed E-state index contributed by atoms with van der Waals surface area (Å²) in [7, 11) is 2.21. The smallest absolute Gasteiger partial charge is 0.0471 e. The minimum atomic E-state index is 0.479. The Balaban J connectivity index is 2.01. The molecule has 0 aromatic heterocycles. The van der Waals surface area contributed by atoms with Gasteiger partial charge >= 0.3 is 0 Å². The molecule has 1 aromatic rings. The predicted octanol–water partition coefficient (Wildman–Crippen LogP) is 4.85. The second kappa shape index (κ2) is 7.51. The molecule has 1 aromatic carbocycles. The van der Waals surface area contributed by atoms with E-state index in [2.05, 4.69) is 56.2 Å². The van der Waals surface area contributed by atoms with Crippen LogP contribution in [0, 0.1) is 5.92 Å². The van der Waals surface area contributed by atoms with Crippen molar-refractivity contribution >= 4 is 17.3 Å². The Bertz CT molecular complexity index is 451. The molecule has 0 atom stereocenters. The first-order chi connectivity index (χ1) is 9.97. The van der Waals surface area contributed by atoms with Crippen molar-refractivity contribution in [3.63, 3.8) is 0 Å². The van der Waals surface area contributed by atoms with E-state index < -0.39 is 0 Å². The van der Waals surface area contributed by atoms with E-state index in [0.29, 0.717) is 12.1 Å². The fourth-order valence-electron chi connectivity index (χ4n) is 3.05. The highest BCUT2D eigenvalue weighted by molar-refractivity contribution is 6.31. The van der Waals surface area contributed by atoms with Gasteiger partial charge in [-0.25, -0.2) is 0 Å². The van der Waals surface area contributed by atoms with Gasteiger partial charge in [0.15, 0.2) is 0 Å². The maximum Gasteiger partial charge on any atom is 0.0471 e. The monoisotopic (exact) mass is 308 g/mol. The first kappa shape index (κ1) is 16.6. The lowest BCUT2D eigenvalue weighted by Crippen LogP contribution is -2.34. The molecule has 118 valence electrons. The van der Waals surface area contributed by atoms with Crippen LogP contribution in [0.1, 0.15) is 52.0 Å². The fourth-order valence-corrected chi connectivity index (χ4v) is 3.30. The largest absolute Gasteiger partial charge is 0.372 e. The molecule has 1 aliphatic carbocycles. The lowest BCUT2D eigenvalue weighted by Gasteiger charge is -2.35. The minimum absolute atomic E-state index is 0.479. The van der Waals surface area contributed by atoms with Crippen molar-refractivity contribution in [1.82, 2.24) is 5.32 Å². The quantitative estimate of drug-likeness (QED) is 0.836. The van der Waals surface area contributed by atoms with E-state index in [4.69, 9.17) is 11.6 Å². The number of halogens is 1. The van der Waals surface area contributed by atoms with Crippen molar-refractivity contribution in [2.24, 2.45) is 5.92 Å². The molecule has 1 N–H and O–H groups in total. The van der Waals surface area contributed by atoms with Crippen molar-refractivity contribution in [2.45, 2.75) is 65.1 Å². The first-order valence-electron chi connectivity index (χ1n) is 8.22. The molecule has 0 radical (unpaired) electrons. The highest BCUT2D eigenvalue weighted by Crippen LogP contribution is 2.31. The molecule has 0 heterocycles. The lowest BCUT2D eigenvalue weighted by atomic mass is 9.86. The highest BCUT2D eigenvalue weighted by Gasteiger charge is 2.22. The maximum atomic E-state index is 6.45. The predicted molar refractivity (Wildman–Crippen MR) is 93.3 cm³/mol. The molecule has 0 bridgehead atoms. The molecule has 0 spiro atoms. The van der Waals surface area contributed by atoms with Crippen molar-refractivity contribution < 1.29 is 0 Å². The van der Waals surface area contributed by atoms with Gasteiger partial charge in [-0.3, -0.25) is 0 Å². The van der Waals surface area contributed by atoms with Crippen LogP contribution in [0.3, 0.4) is 0 Å².